The van der Waals surface area contributed by atoms with Crippen molar-refractivity contribution in [3.63, 3.8) is 0 Å². The van der Waals surface area contributed by atoms with E-state index in [2.05, 4.69) is 26.5 Å². The number of carbonyl (C=O) groups excluding carboxylic acids is 1. The lowest BCUT2D eigenvalue weighted by Gasteiger charge is -2.02. The molecule has 27 heavy (non-hydrogen) atoms. The molecule has 2 aromatic carbocycles. The minimum absolute atomic E-state index is 0.0740. The predicted octanol–water partition coefficient (Wildman–Crippen LogP) is 4.69. The zero-order chi connectivity index (χ0) is 19.4. The van der Waals surface area contributed by atoms with Gasteiger partial charge in [0.2, 0.25) is 0 Å². The van der Waals surface area contributed by atoms with Gasteiger partial charge in [-0.15, -0.1) is 0 Å². The zero-order valence-electron chi connectivity index (χ0n) is 14.2. The Morgan fingerprint density at radius 1 is 1.22 bits per heavy atom. The first kappa shape index (κ1) is 18.5. The lowest BCUT2D eigenvalue weighted by molar-refractivity contribution is -0.384. The molecule has 0 aliphatic heterocycles. The maximum absolute atomic E-state index is 12.1. The highest BCUT2D eigenvalue weighted by Crippen LogP contribution is 2.33. The molecule has 0 spiro atoms. The van der Waals surface area contributed by atoms with Gasteiger partial charge in [0.25, 0.3) is 11.6 Å². The van der Waals surface area contributed by atoms with Crippen LogP contribution in [-0.2, 0) is 0 Å². The molecule has 1 aromatic heterocycles. The smallest absolute Gasteiger partial charge is 0.281 e. The summed E-state index contributed by atoms with van der Waals surface area (Å²) < 4.78 is 6.19. The number of nitrogens with zero attached hydrogens (tertiary/aromatic N) is 2. The first-order valence-electron chi connectivity index (χ1n) is 7.89. The first-order valence-corrected chi connectivity index (χ1v) is 8.68. The number of nitro groups is 1. The number of rotatable bonds is 5. The summed E-state index contributed by atoms with van der Waals surface area (Å²) in [7, 11) is 0. The Balaban J connectivity index is 1.75. The van der Waals surface area contributed by atoms with Crippen molar-refractivity contribution >= 4 is 33.7 Å². The molecule has 0 saturated heterocycles. The fraction of sp³-hybridized carbons (Fsp3) is 0.0526. The maximum Gasteiger partial charge on any atom is 0.281 e. The highest BCUT2D eigenvalue weighted by Gasteiger charge is 2.18. The molecule has 0 atom stereocenters. The van der Waals surface area contributed by atoms with E-state index >= 15 is 0 Å². The lowest BCUT2D eigenvalue weighted by Crippen LogP contribution is -2.18. The van der Waals surface area contributed by atoms with Crippen LogP contribution in [0, 0.1) is 17.0 Å². The molecular weight excluding hydrogens is 414 g/mol. The molecule has 1 N–H and O–H groups in total. The van der Waals surface area contributed by atoms with Crippen molar-refractivity contribution in [2.45, 2.75) is 6.92 Å². The molecule has 0 fully saturated rings. The van der Waals surface area contributed by atoms with Gasteiger partial charge in [0.1, 0.15) is 11.5 Å². The van der Waals surface area contributed by atoms with Crippen LogP contribution in [0.5, 0.6) is 0 Å². The Labute approximate surface area is 163 Å². The van der Waals surface area contributed by atoms with Gasteiger partial charge in [0, 0.05) is 16.1 Å². The maximum atomic E-state index is 12.1. The van der Waals surface area contributed by atoms with Crippen LogP contribution in [0.2, 0.25) is 0 Å². The van der Waals surface area contributed by atoms with Gasteiger partial charge in [-0.05, 0) is 42.8 Å². The van der Waals surface area contributed by atoms with Gasteiger partial charge in [-0.2, -0.15) is 5.10 Å². The molecular formula is C19H14BrN3O4. The molecule has 1 heterocycles. The van der Waals surface area contributed by atoms with Crippen LogP contribution in [0.25, 0.3) is 11.3 Å². The standard InChI is InChI=1S/C19H14BrN3O4/c1-12-4-2-3-5-15(12)19(24)22-21-11-14-7-9-18(27-14)16-8-6-13(20)10-17(16)23(25)26/h2-11H,1H3,(H,22,24)/b21-11+. The zero-order valence-corrected chi connectivity index (χ0v) is 15.8. The van der Waals surface area contributed by atoms with Crippen molar-refractivity contribution in [1.29, 1.82) is 0 Å². The third-order valence-electron chi connectivity index (χ3n) is 3.80. The van der Waals surface area contributed by atoms with E-state index in [1.165, 1.54) is 12.3 Å². The average Bonchev–Trinajstić information content (AvgIpc) is 3.10. The minimum Gasteiger partial charge on any atom is -0.455 e. The molecule has 0 aliphatic carbocycles. The number of benzene rings is 2. The lowest BCUT2D eigenvalue weighted by atomic mass is 10.1. The molecule has 3 rings (SSSR count). The van der Waals surface area contributed by atoms with Crippen molar-refractivity contribution < 1.29 is 14.1 Å². The number of carbonyl (C=O) groups is 1. The average molecular weight is 428 g/mol. The first-order chi connectivity index (χ1) is 13.0. The van der Waals surface area contributed by atoms with Crippen LogP contribution in [0.15, 0.2) is 68.6 Å². The molecule has 0 saturated carbocycles. The number of halogens is 1. The summed E-state index contributed by atoms with van der Waals surface area (Å²) in [6, 6.07) is 15.1. The molecule has 3 aromatic rings. The number of hydrazone groups is 1. The van der Waals surface area contributed by atoms with Crippen LogP contribution in [0.1, 0.15) is 21.7 Å². The van der Waals surface area contributed by atoms with Gasteiger partial charge in [-0.3, -0.25) is 14.9 Å². The topological polar surface area (TPSA) is 97.7 Å². The number of aryl methyl sites for hydroxylation is 1. The van der Waals surface area contributed by atoms with E-state index in [0.717, 1.165) is 5.56 Å². The molecule has 8 heteroatoms. The van der Waals surface area contributed by atoms with E-state index in [1.807, 2.05) is 19.1 Å². The van der Waals surface area contributed by atoms with Crippen molar-refractivity contribution in [2.24, 2.45) is 5.10 Å². The summed E-state index contributed by atoms with van der Waals surface area (Å²) >= 11 is 3.22. The van der Waals surface area contributed by atoms with E-state index in [4.69, 9.17) is 4.42 Å². The van der Waals surface area contributed by atoms with Gasteiger partial charge in [0.05, 0.1) is 16.7 Å². The second-order valence-corrected chi connectivity index (χ2v) is 6.55. The summed E-state index contributed by atoms with van der Waals surface area (Å²) in [6.45, 7) is 1.84. The number of hydrogen-bond acceptors (Lipinski definition) is 5. The van der Waals surface area contributed by atoms with Crippen molar-refractivity contribution in [3.05, 3.63) is 86.1 Å². The van der Waals surface area contributed by atoms with Crippen LogP contribution < -0.4 is 5.43 Å². The number of nitro benzene ring substituents is 1. The van der Waals surface area contributed by atoms with E-state index in [0.29, 0.717) is 27.1 Å². The van der Waals surface area contributed by atoms with Crippen LogP contribution in [0.3, 0.4) is 0 Å². The van der Waals surface area contributed by atoms with Gasteiger partial charge in [0.15, 0.2) is 0 Å². The predicted molar refractivity (Wildman–Crippen MR) is 105 cm³/mol. The summed E-state index contributed by atoms with van der Waals surface area (Å²) in [5, 5.41) is 15.1. The van der Waals surface area contributed by atoms with Crippen LogP contribution in [-0.4, -0.2) is 17.0 Å². The highest BCUT2D eigenvalue weighted by atomic mass is 79.9. The quantitative estimate of drug-likeness (QED) is 0.362. The Hall–Kier alpha value is -3.26. The number of nitrogens with one attached hydrogen (secondary N) is 1. The summed E-state index contributed by atoms with van der Waals surface area (Å²) in [4.78, 5) is 22.9. The molecule has 0 bridgehead atoms. The summed E-state index contributed by atoms with van der Waals surface area (Å²) in [6.07, 6.45) is 1.34. The van der Waals surface area contributed by atoms with Gasteiger partial charge < -0.3 is 4.42 Å². The monoisotopic (exact) mass is 427 g/mol. The Morgan fingerprint density at radius 3 is 2.74 bits per heavy atom. The second-order valence-electron chi connectivity index (χ2n) is 5.63. The third kappa shape index (κ3) is 4.29. The SMILES string of the molecule is Cc1ccccc1C(=O)N/N=C/c1ccc(-c2ccc(Br)cc2[N+](=O)[O-])o1. The van der Waals surface area contributed by atoms with Gasteiger partial charge >= 0.3 is 0 Å². The molecule has 0 aliphatic rings. The molecule has 1 amide bonds. The summed E-state index contributed by atoms with van der Waals surface area (Å²) in [5.41, 5.74) is 4.08. The van der Waals surface area contributed by atoms with E-state index in [1.54, 1.807) is 36.4 Å². The van der Waals surface area contributed by atoms with E-state index in [-0.39, 0.29) is 11.6 Å². The largest absolute Gasteiger partial charge is 0.455 e. The Bertz CT molecular complexity index is 1040. The normalized spacial score (nSPS) is 10.9. The molecule has 7 nitrogen and oxygen atoms in total. The van der Waals surface area contributed by atoms with Gasteiger partial charge in [-0.1, -0.05) is 34.1 Å². The van der Waals surface area contributed by atoms with Crippen molar-refractivity contribution in [1.82, 2.24) is 5.43 Å². The van der Waals surface area contributed by atoms with Crippen LogP contribution in [0.4, 0.5) is 5.69 Å². The number of amides is 1. The fourth-order valence-corrected chi connectivity index (χ4v) is 2.82. The third-order valence-corrected chi connectivity index (χ3v) is 4.29. The van der Waals surface area contributed by atoms with Crippen LogP contribution >= 0.6 is 15.9 Å². The number of hydrogen-bond donors (Lipinski definition) is 1. The Morgan fingerprint density at radius 2 is 2.00 bits per heavy atom. The van der Waals surface area contributed by atoms with Gasteiger partial charge in [-0.25, -0.2) is 5.43 Å². The highest BCUT2D eigenvalue weighted by molar-refractivity contribution is 9.10. The fourth-order valence-electron chi connectivity index (χ4n) is 2.47. The minimum atomic E-state index is -0.473. The van der Waals surface area contributed by atoms with Crippen molar-refractivity contribution in [3.8, 4) is 11.3 Å². The Kier molecular flexibility index (Phi) is 5.46. The van der Waals surface area contributed by atoms with Crippen molar-refractivity contribution in [2.75, 3.05) is 0 Å². The summed E-state index contributed by atoms with van der Waals surface area (Å²) in [5.74, 6) is 0.354. The molecule has 0 radical (unpaired) electrons. The van der Waals surface area contributed by atoms with E-state index in [9.17, 15) is 14.9 Å². The second kappa shape index (κ2) is 7.96. The number of furan rings is 1. The van der Waals surface area contributed by atoms with E-state index < -0.39 is 4.92 Å². The molecule has 0 unspecified atom stereocenters. The molecule has 136 valence electrons.